The van der Waals surface area contributed by atoms with E-state index in [1.54, 1.807) is 7.11 Å². The van der Waals surface area contributed by atoms with Crippen molar-refractivity contribution in [3.05, 3.63) is 28.8 Å². The predicted octanol–water partition coefficient (Wildman–Crippen LogP) is 1.96. The largest absolute Gasteiger partial charge is 0.496 e. The monoisotopic (exact) mass is 236 g/mol. The molecular formula is C14H24N2O. The fourth-order valence-corrected chi connectivity index (χ4v) is 1.99. The fraction of sp³-hybridized carbons (Fsp3) is 0.571. The van der Waals surface area contributed by atoms with Gasteiger partial charge in [0.1, 0.15) is 5.75 Å². The topological polar surface area (TPSA) is 24.5 Å². The number of benzene rings is 1. The van der Waals surface area contributed by atoms with E-state index in [0.29, 0.717) is 0 Å². The SMILES string of the molecule is CNCCN(C)Cc1c(C)cc(C)cc1OC. The lowest BCUT2D eigenvalue weighted by Crippen LogP contribution is -2.27. The minimum atomic E-state index is 0.928. The first-order chi connectivity index (χ1) is 8.08. The molecule has 0 saturated carbocycles. The van der Waals surface area contributed by atoms with Crippen molar-refractivity contribution < 1.29 is 4.74 Å². The van der Waals surface area contributed by atoms with Gasteiger partial charge in [0.15, 0.2) is 0 Å². The Labute approximate surface area is 105 Å². The summed E-state index contributed by atoms with van der Waals surface area (Å²) in [4.78, 5) is 2.30. The van der Waals surface area contributed by atoms with Gasteiger partial charge in [-0.3, -0.25) is 0 Å². The van der Waals surface area contributed by atoms with Gasteiger partial charge in [0.25, 0.3) is 0 Å². The zero-order chi connectivity index (χ0) is 12.8. The quantitative estimate of drug-likeness (QED) is 0.817. The Balaban J connectivity index is 2.82. The number of aryl methyl sites for hydroxylation is 2. The number of hydrogen-bond acceptors (Lipinski definition) is 3. The third-order valence-electron chi connectivity index (χ3n) is 2.97. The van der Waals surface area contributed by atoms with E-state index in [1.165, 1.54) is 16.7 Å². The van der Waals surface area contributed by atoms with Crippen LogP contribution in [0.2, 0.25) is 0 Å². The Morgan fingerprint density at radius 3 is 2.59 bits per heavy atom. The van der Waals surface area contributed by atoms with E-state index in [4.69, 9.17) is 4.74 Å². The fourth-order valence-electron chi connectivity index (χ4n) is 1.99. The summed E-state index contributed by atoms with van der Waals surface area (Å²) in [6.07, 6.45) is 0. The molecule has 0 aliphatic carbocycles. The minimum absolute atomic E-state index is 0.928. The molecule has 3 nitrogen and oxygen atoms in total. The van der Waals surface area contributed by atoms with Crippen LogP contribution in [-0.2, 0) is 6.54 Å². The molecule has 0 unspecified atom stereocenters. The van der Waals surface area contributed by atoms with Gasteiger partial charge in [-0.2, -0.15) is 0 Å². The van der Waals surface area contributed by atoms with Crippen molar-refractivity contribution in [2.45, 2.75) is 20.4 Å². The predicted molar refractivity (Wildman–Crippen MR) is 72.7 cm³/mol. The van der Waals surface area contributed by atoms with E-state index in [1.807, 2.05) is 7.05 Å². The highest BCUT2D eigenvalue weighted by Gasteiger charge is 2.09. The van der Waals surface area contributed by atoms with Crippen LogP contribution in [-0.4, -0.2) is 39.2 Å². The highest BCUT2D eigenvalue weighted by molar-refractivity contribution is 5.42. The maximum absolute atomic E-state index is 5.47. The van der Waals surface area contributed by atoms with Crippen LogP contribution in [0.15, 0.2) is 12.1 Å². The molecule has 0 heterocycles. The smallest absolute Gasteiger partial charge is 0.123 e. The number of methoxy groups -OCH3 is 1. The molecule has 3 heteroatoms. The highest BCUT2D eigenvalue weighted by atomic mass is 16.5. The minimum Gasteiger partial charge on any atom is -0.496 e. The van der Waals surface area contributed by atoms with Crippen molar-refractivity contribution in [2.24, 2.45) is 0 Å². The molecular weight excluding hydrogens is 212 g/mol. The van der Waals surface area contributed by atoms with Crippen LogP contribution in [0.3, 0.4) is 0 Å². The van der Waals surface area contributed by atoms with E-state index in [-0.39, 0.29) is 0 Å². The Morgan fingerprint density at radius 1 is 1.29 bits per heavy atom. The summed E-state index contributed by atoms with van der Waals surface area (Å²) in [6, 6.07) is 4.32. The Morgan fingerprint density at radius 2 is 2.00 bits per heavy atom. The first-order valence-electron chi connectivity index (χ1n) is 6.05. The molecule has 0 amide bonds. The summed E-state index contributed by atoms with van der Waals surface area (Å²) in [5.41, 5.74) is 3.84. The molecule has 0 aliphatic rings. The lowest BCUT2D eigenvalue weighted by atomic mass is 10.0. The summed E-state index contributed by atoms with van der Waals surface area (Å²) in [5.74, 6) is 0.999. The van der Waals surface area contributed by atoms with Crippen molar-refractivity contribution in [1.82, 2.24) is 10.2 Å². The number of likely N-dealkylation sites (N-methyl/N-ethyl adjacent to an activating group) is 2. The first-order valence-corrected chi connectivity index (χ1v) is 6.05. The van der Waals surface area contributed by atoms with E-state index in [0.717, 1.165) is 25.4 Å². The molecule has 1 aromatic carbocycles. The molecule has 1 rings (SSSR count). The maximum Gasteiger partial charge on any atom is 0.123 e. The van der Waals surface area contributed by atoms with Gasteiger partial charge < -0.3 is 15.0 Å². The number of nitrogens with one attached hydrogen (secondary N) is 1. The standard InChI is InChI=1S/C14H24N2O/c1-11-8-12(2)13(14(9-11)17-5)10-16(4)7-6-15-3/h8-9,15H,6-7,10H2,1-5H3. The maximum atomic E-state index is 5.47. The Hall–Kier alpha value is -1.06. The zero-order valence-corrected chi connectivity index (χ0v) is 11.6. The molecule has 1 aromatic rings. The van der Waals surface area contributed by atoms with Crippen molar-refractivity contribution in [3.63, 3.8) is 0 Å². The van der Waals surface area contributed by atoms with Crippen molar-refractivity contribution >= 4 is 0 Å². The average molecular weight is 236 g/mol. The van der Waals surface area contributed by atoms with Gasteiger partial charge in [-0.25, -0.2) is 0 Å². The molecule has 0 aliphatic heterocycles. The number of nitrogens with zero attached hydrogens (tertiary/aromatic N) is 1. The molecule has 17 heavy (non-hydrogen) atoms. The second-order valence-electron chi connectivity index (χ2n) is 4.60. The second kappa shape index (κ2) is 6.62. The van der Waals surface area contributed by atoms with Crippen LogP contribution < -0.4 is 10.1 Å². The number of hydrogen-bond donors (Lipinski definition) is 1. The van der Waals surface area contributed by atoms with Crippen LogP contribution >= 0.6 is 0 Å². The van der Waals surface area contributed by atoms with Gasteiger partial charge in [0.2, 0.25) is 0 Å². The molecule has 0 spiro atoms. The summed E-state index contributed by atoms with van der Waals surface area (Å²) < 4.78 is 5.47. The lowest BCUT2D eigenvalue weighted by Gasteiger charge is -2.20. The third-order valence-corrected chi connectivity index (χ3v) is 2.97. The van der Waals surface area contributed by atoms with Crippen LogP contribution in [0.1, 0.15) is 16.7 Å². The van der Waals surface area contributed by atoms with Crippen molar-refractivity contribution in [1.29, 1.82) is 0 Å². The summed E-state index contributed by atoms with van der Waals surface area (Å²) in [6.45, 7) is 7.22. The second-order valence-corrected chi connectivity index (χ2v) is 4.60. The van der Waals surface area contributed by atoms with E-state index < -0.39 is 0 Å². The molecule has 0 fully saturated rings. The van der Waals surface area contributed by atoms with Crippen molar-refractivity contribution in [2.75, 3.05) is 34.3 Å². The average Bonchev–Trinajstić information content (AvgIpc) is 2.29. The van der Waals surface area contributed by atoms with Crippen LogP contribution in [0.5, 0.6) is 5.75 Å². The number of rotatable bonds is 6. The van der Waals surface area contributed by atoms with Gasteiger partial charge in [-0.05, 0) is 45.1 Å². The van der Waals surface area contributed by atoms with E-state index in [9.17, 15) is 0 Å². The normalized spacial score (nSPS) is 10.9. The molecule has 1 N–H and O–H groups in total. The Bertz CT molecular complexity index is 363. The van der Waals surface area contributed by atoms with Gasteiger partial charge in [-0.15, -0.1) is 0 Å². The molecule has 96 valence electrons. The highest BCUT2D eigenvalue weighted by Crippen LogP contribution is 2.25. The zero-order valence-electron chi connectivity index (χ0n) is 11.6. The third kappa shape index (κ3) is 4.02. The van der Waals surface area contributed by atoms with Crippen LogP contribution in [0.4, 0.5) is 0 Å². The molecule has 0 radical (unpaired) electrons. The van der Waals surface area contributed by atoms with E-state index in [2.05, 4.69) is 43.2 Å². The van der Waals surface area contributed by atoms with Crippen LogP contribution in [0, 0.1) is 13.8 Å². The van der Waals surface area contributed by atoms with Gasteiger partial charge >= 0.3 is 0 Å². The van der Waals surface area contributed by atoms with Gasteiger partial charge in [-0.1, -0.05) is 6.07 Å². The van der Waals surface area contributed by atoms with Crippen LogP contribution in [0.25, 0.3) is 0 Å². The van der Waals surface area contributed by atoms with Crippen molar-refractivity contribution in [3.8, 4) is 5.75 Å². The number of ether oxygens (including phenoxy) is 1. The molecule has 0 saturated heterocycles. The summed E-state index contributed by atoms with van der Waals surface area (Å²) >= 11 is 0. The Kier molecular flexibility index (Phi) is 5.45. The van der Waals surface area contributed by atoms with Gasteiger partial charge in [0.05, 0.1) is 7.11 Å². The molecule has 0 atom stereocenters. The lowest BCUT2D eigenvalue weighted by molar-refractivity contribution is 0.317. The summed E-state index contributed by atoms with van der Waals surface area (Å²) in [7, 11) is 5.85. The summed E-state index contributed by atoms with van der Waals surface area (Å²) in [5, 5.41) is 3.16. The van der Waals surface area contributed by atoms with Gasteiger partial charge in [0, 0.05) is 25.2 Å². The first kappa shape index (κ1) is 14.0. The molecule has 0 aromatic heterocycles. The molecule has 0 bridgehead atoms. The van der Waals surface area contributed by atoms with E-state index >= 15 is 0 Å².